The van der Waals surface area contributed by atoms with Gasteiger partial charge in [-0.1, -0.05) is 32.0 Å². The molecule has 2 aromatic rings. The van der Waals surface area contributed by atoms with Gasteiger partial charge >= 0.3 is 0 Å². The fraction of sp³-hybridized carbons (Fsp3) is 0.567. The van der Waals surface area contributed by atoms with E-state index < -0.39 is 17.6 Å². The largest absolute Gasteiger partial charge is 0.493 e. The lowest BCUT2D eigenvalue weighted by molar-refractivity contribution is -0.126. The number of aliphatic hydroxyl groups is 1. The van der Waals surface area contributed by atoms with Crippen molar-refractivity contribution in [1.29, 1.82) is 0 Å². The molecule has 3 atom stereocenters. The third kappa shape index (κ3) is 9.26. The zero-order valence-corrected chi connectivity index (χ0v) is 23.6. The van der Waals surface area contributed by atoms with Gasteiger partial charge in [-0.3, -0.25) is 4.79 Å². The summed E-state index contributed by atoms with van der Waals surface area (Å²) in [7, 11) is 3.28. The monoisotopic (exact) mass is 532 g/mol. The molecule has 8 heteroatoms. The van der Waals surface area contributed by atoms with E-state index in [2.05, 4.69) is 19.2 Å². The molecule has 0 fully saturated rings. The van der Waals surface area contributed by atoms with Gasteiger partial charge < -0.3 is 30.4 Å². The molecule has 0 heterocycles. The summed E-state index contributed by atoms with van der Waals surface area (Å²) in [4.78, 5) is 12.9. The number of nitrogens with one attached hydrogen (secondary N) is 1. The molecule has 0 aliphatic heterocycles. The van der Waals surface area contributed by atoms with Crippen LogP contribution in [0.2, 0.25) is 0 Å². The highest BCUT2D eigenvalue weighted by molar-refractivity contribution is 5.87. The van der Waals surface area contributed by atoms with E-state index in [0.717, 1.165) is 18.4 Å². The Balaban J connectivity index is 1.98. The van der Waals surface area contributed by atoms with Crippen LogP contribution in [0, 0.1) is 17.7 Å². The Morgan fingerprint density at radius 2 is 1.76 bits per heavy atom. The van der Waals surface area contributed by atoms with Crippen molar-refractivity contribution < 1.29 is 28.5 Å². The smallest absolute Gasteiger partial charge is 0.230 e. The van der Waals surface area contributed by atoms with Gasteiger partial charge in [0.1, 0.15) is 5.82 Å². The van der Waals surface area contributed by atoms with Gasteiger partial charge in [0, 0.05) is 32.7 Å². The Bertz CT molecular complexity index is 997. The highest BCUT2D eigenvalue weighted by Crippen LogP contribution is 2.31. The number of benzene rings is 2. The van der Waals surface area contributed by atoms with Crippen molar-refractivity contribution in [3.63, 3.8) is 0 Å². The molecule has 0 bridgehead atoms. The Hall–Kier alpha value is -2.68. The molecule has 0 saturated carbocycles. The number of hydrogen-bond acceptors (Lipinski definition) is 6. The van der Waals surface area contributed by atoms with Crippen LogP contribution in [0.5, 0.6) is 11.5 Å². The topological polar surface area (TPSA) is 103 Å². The van der Waals surface area contributed by atoms with Crippen LogP contribution < -0.4 is 20.5 Å². The van der Waals surface area contributed by atoms with Crippen molar-refractivity contribution in [3.05, 3.63) is 59.4 Å². The molecule has 7 nitrogen and oxygen atoms in total. The van der Waals surface area contributed by atoms with E-state index in [0.29, 0.717) is 42.6 Å². The van der Waals surface area contributed by atoms with E-state index in [1.165, 1.54) is 12.1 Å². The van der Waals surface area contributed by atoms with Crippen molar-refractivity contribution in [2.24, 2.45) is 17.6 Å². The predicted octanol–water partition coefficient (Wildman–Crippen LogP) is 4.24. The molecule has 0 aliphatic carbocycles. The van der Waals surface area contributed by atoms with Crippen molar-refractivity contribution >= 4 is 5.91 Å². The van der Waals surface area contributed by atoms with E-state index in [9.17, 15) is 14.3 Å². The summed E-state index contributed by atoms with van der Waals surface area (Å²) in [6.07, 6.45) is 1.23. The minimum atomic E-state index is -0.903. The van der Waals surface area contributed by atoms with Crippen LogP contribution in [0.3, 0.4) is 0 Å². The number of carbonyl (C=O) groups excluding carboxylic acids is 1. The van der Waals surface area contributed by atoms with Crippen LogP contribution >= 0.6 is 0 Å². The summed E-state index contributed by atoms with van der Waals surface area (Å²) in [5.74, 6) is 1.30. The lowest BCUT2D eigenvalue weighted by Gasteiger charge is -2.29. The fourth-order valence-electron chi connectivity index (χ4n) is 4.31. The molecule has 38 heavy (non-hydrogen) atoms. The summed E-state index contributed by atoms with van der Waals surface area (Å²) in [6, 6.07) is 11.3. The van der Waals surface area contributed by atoms with Crippen LogP contribution in [0.15, 0.2) is 42.5 Å². The molecule has 2 rings (SSSR count). The molecule has 212 valence electrons. The van der Waals surface area contributed by atoms with E-state index in [1.807, 2.05) is 18.2 Å². The van der Waals surface area contributed by atoms with E-state index in [4.69, 9.17) is 19.9 Å². The number of halogens is 1. The first kappa shape index (κ1) is 31.5. The van der Waals surface area contributed by atoms with E-state index in [1.54, 1.807) is 40.2 Å². The SMILES string of the molecule is COCCCOc1cc(C[C@@H](C[C@H](N)[C@H](O)CNC(=O)C(C)(C)c2ccc(F)cc2)C(C)C)ccc1OC. The lowest BCUT2D eigenvalue weighted by Crippen LogP contribution is -2.48. The molecule has 2 aromatic carbocycles. The molecule has 0 aromatic heterocycles. The summed E-state index contributed by atoms with van der Waals surface area (Å²) in [5.41, 5.74) is 7.31. The molecule has 4 N–H and O–H groups in total. The number of hydrogen-bond donors (Lipinski definition) is 3. The number of aliphatic hydroxyl groups excluding tert-OH is 1. The van der Waals surface area contributed by atoms with Crippen molar-refractivity contribution in [2.75, 3.05) is 34.0 Å². The second-order valence-corrected chi connectivity index (χ2v) is 10.7. The van der Waals surface area contributed by atoms with Gasteiger partial charge in [-0.2, -0.15) is 0 Å². The Morgan fingerprint density at radius 1 is 1.08 bits per heavy atom. The average molecular weight is 533 g/mol. The third-order valence-electron chi connectivity index (χ3n) is 7.09. The maximum absolute atomic E-state index is 13.3. The van der Waals surface area contributed by atoms with Gasteiger partial charge in [0.05, 0.1) is 25.2 Å². The van der Waals surface area contributed by atoms with Crippen molar-refractivity contribution in [2.45, 2.75) is 64.5 Å². The molecule has 0 spiro atoms. The Morgan fingerprint density at radius 3 is 2.37 bits per heavy atom. The highest BCUT2D eigenvalue weighted by Gasteiger charge is 2.31. The minimum absolute atomic E-state index is 0.0391. The standard InChI is InChI=1S/C30H45FN2O5/c1-20(2)22(16-21-8-13-27(37-6)28(17-21)38-15-7-14-36-5)18-25(32)26(34)19-33-29(35)30(3,4)23-9-11-24(31)12-10-23/h8-13,17,20,22,25-26,34H,7,14-16,18-19,32H2,1-6H3,(H,33,35)/t22-,25-,26+/m0/s1. The van der Waals surface area contributed by atoms with Gasteiger partial charge in [0.25, 0.3) is 0 Å². The Labute approximate surface area is 226 Å². The first-order valence-electron chi connectivity index (χ1n) is 13.3. The first-order valence-corrected chi connectivity index (χ1v) is 13.3. The Kier molecular flexibility index (Phi) is 12.5. The summed E-state index contributed by atoms with van der Waals surface area (Å²) in [5, 5.41) is 13.6. The molecule has 1 amide bonds. The highest BCUT2D eigenvalue weighted by atomic mass is 19.1. The van der Waals surface area contributed by atoms with Gasteiger partial charge in [0.2, 0.25) is 5.91 Å². The molecule has 0 aliphatic rings. The normalized spacial score (nSPS) is 14.2. The zero-order valence-electron chi connectivity index (χ0n) is 23.6. The van der Waals surface area contributed by atoms with E-state index in [-0.39, 0.29) is 24.2 Å². The summed E-state index contributed by atoms with van der Waals surface area (Å²) < 4.78 is 29.7. The lowest BCUT2D eigenvalue weighted by atomic mass is 9.82. The van der Waals surface area contributed by atoms with Crippen molar-refractivity contribution in [3.8, 4) is 11.5 Å². The maximum Gasteiger partial charge on any atom is 0.230 e. The van der Waals surface area contributed by atoms with E-state index >= 15 is 0 Å². The van der Waals surface area contributed by atoms with Crippen LogP contribution in [-0.2, 0) is 21.4 Å². The molecule has 0 saturated heterocycles. The number of carbonyl (C=O) groups is 1. The molecular weight excluding hydrogens is 487 g/mol. The molecule has 0 radical (unpaired) electrons. The maximum atomic E-state index is 13.3. The van der Waals surface area contributed by atoms with Gasteiger partial charge in [0.15, 0.2) is 11.5 Å². The number of amides is 1. The predicted molar refractivity (Wildman–Crippen MR) is 148 cm³/mol. The number of nitrogens with two attached hydrogens (primary N) is 1. The summed E-state index contributed by atoms with van der Waals surface area (Å²) in [6.45, 7) is 9.01. The van der Waals surface area contributed by atoms with Gasteiger partial charge in [-0.05, 0) is 73.9 Å². The van der Waals surface area contributed by atoms with Crippen LogP contribution in [0.1, 0.15) is 51.7 Å². The average Bonchev–Trinajstić information content (AvgIpc) is 2.89. The quantitative estimate of drug-likeness (QED) is 0.280. The number of ether oxygens (including phenoxy) is 3. The fourth-order valence-corrected chi connectivity index (χ4v) is 4.31. The second kappa shape index (κ2) is 15.0. The van der Waals surface area contributed by atoms with Gasteiger partial charge in [-0.25, -0.2) is 4.39 Å². The minimum Gasteiger partial charge on any atom is -0.493 e. The number of methoxy groups -OCH3 is 2. The van der Waals surface area contributed by atoms with Gasteiger partial charge in [-0.15, -0.1) is 0 Å². The zero-order chi connectivity index (χ0) is 28.3. The van der Waals surface area contributed by atoms with Crippen LogP contribution in [-0.4, -0.2) is 57.1 Å². The number of rotatable bonds is 16. The van der Waals surface area contributed by atoms with Crippen LogP contribution in [0.4, 0.5) is 4.39 Å². The molecular formula is C30H45FN2O5. The second-order valence-electron chi connectivity index (χ2n) is 10.7. The van der Waals surface area contributed by atoms with Crippen molar-refractivity contribution in [1.82, 2.24) is 5.32 Å². The van der Waals surface area contributed by atoms with Crippen LogP contribution in [0.25, 0.3) is 0 Å². The summed E-state index contributed by atoms with van der Waals surface area (Å²) >= 11 is 0. The first-order chi connectivity index (χ1) is 18.0. The molecule has 0 unspecified atom stereocenters. The third-order valence-corrected chi connectivity index (χ3v) is 7.09.